The largest absolute Gasteiger partial charge is 0.508 e. The molecular formula is C36H42N2O6. The SMILES string of the molecule is CNC(=O)Cc1cc(C)c(Oc2ccc(O)c(C)c2)c(Cc2c(CC(N)CO)cc(C)c(Oc3ccc(O)c(C)c3)c2C)c1. The van der Waals surface area contributed by atoms with Gasteiger partial charge in [-0.1, -0.05) is 18.2 Å². The highest BCUT2D eigenvalue weighted by atomic mass is 16.5. The van der Waals surface area contributed by atoms with E-state index in [0.717, 1.165) is 38.9 Å². The normalized spacial score (nSPS) is 11.7. The van der Waals surface area contributed by atoms with Gasteiger partial charge < -0.3 is 35.8 Å². The van der Waals surface area contributed by atoms with E-state index in [2.05, 4.69) is 5.32 Å². The number of hydrogen-bond donors (Lipinski definition) is 5. The smallest absolute Gasteiger partial charge is 0.224 e. The summed E-state index contributed by atoms with van der Waals surface area (Å²) < 4.78 is 12.9. The number of carbonyl (C=O) groups excluding carboxylic acids is 1. The Morgan fingerprint density at radius 3 is 1.91 bits per heavy atom. The number of carbonyl (C=O) groups is 1. The summed E-state index contributed by atoms with van der Waals surface area (Å²) in [6.07, 6.45) is 1.11. The third kappa shape index (κ3) is 7.51. The fourth-order valence-electron chi connectivity index (χ4n) is 5.41. The number of nitrogens with two attached hydrogens (primary N) is 1. The van der Waals surface area contributed by atoms with Gasteiger partial charge in [-0.3, -0.25) is 4.79 Å². The summed E-state index contributed by atoms with van der Waals surface area (Å²) in [6.45, 7) is 9.40. The van der Waals surface area contributed by atoms with Crippen LogP contribution in [0.25, 0.3) is 0 Å². The summed E-state index contributed by atoms with van der Waals surface area (Å²) in [4.78, 5) is 12.3. The quantitative estimate of drug-likeness (QED) is 0.144. The molecule has 0 aliphatic carbocycles. The molecule has 4 rings (SSSR count). The van der Waals surface area contributed by atoms with Gasteiger partial charge in [-0.2, -0.15) is 0 Å². The molecule has 1 atom stereocenters. The average molecular weight is 599 g/mol. The van der Waals surface area contributed by atoms with E-state index in [9.17, 15) is 20.1 Å². The topological polar surface area (TPSA) is 134 Å². The highest BCUT2D eigenvalue weighted by Gasteiger charge is 2.21. The second-order valence-electron chi connectivity index (χ2n) is 11.5. The third-order valence-electron chi connectivity index (χ3n) is 7.84. The van der Waals surface area contributed by atoms with Crippen LogP contribution in [0.3, 0.4) is 0 Å². The number of aliphatic hydroxyl groups is 1. The number of phenolic OH excluding ortho intramolecular Hbond substituents is 2. The molecule has 0 aliphatic rings. The fourth-order valence-corrected chi connectivity index (χ4v) is 5.41. The van der Waals surface area contributed by atoms with Gasteiger partial charge in [0.25, 0.3) is 0 Å². The Labute approximate surface area is 259 Å². The monoisotopic (exact) mass is 598 g/mol. The second-order valence-corrected chi connectivity index (χ2v) is 11.5. The predicted octanol–water partition coefficient (Wildman–Crippen LogP) is 5.97. The molecule has 0 saturated carbocycles. The minimum atomic E-state index is -0.448. The lowest BCUT2D eigenvalue weighted by atomic mass is 9.88. The Morgan fingerprint density at radius 2 is 1.36 bits per heavy atom. The van der Waals surface area contributed by atoms with E-state index < -0.39 is 6.04 Å². The Hall–Kier alpha value is -4.53. The van der Waals surface area contributed by atoms with Crippen molar-refractivity contribution >= 4 is 5.91 Å². The van der Waals surface area contributed by atoms with Crippen LogP contribution in [-0.4, -0.2) is 40.9 Å². The summed E-state index contributed by atoms with van der Waals surface area (Å²) in [6, 6.07) is 15.8. The van der Waals surface area contributed by atoms with E-state index >= 15 is 0 Å². The van der Waals surface area contributed by atoms with Crippen molar-refractivity contribution in [3.8, 4) is 34.5 Å². The molecule has 0 saturated heterocycles. The number of aryl methyl sites for hydroxylation is 4. The van der Waals surface area contributed by atoms with Gasteiger partial charge in [-0.05, 0) is 128 Å². The van der Waals surface area contributed by atoms with Crippen molar-refractivity contribution < 1.29 is 29.6 Å². The van der Waals surface area contributed by atoms with Gasteiger partial charge >= 0.3 is 0 Å². The summed E-state index contributed by atoms with van der Waals surface area (Å²) in [5.74, 6) is 2.83. The molecule has 4 aromatic rings. The van der Waals surface area contributed by atoms with Crippen molar-refractivity contribution in [1.29, 1.82) is 0 Å². The first-order valence-electron chi connectivity index (χ1n) is 14.7. The molecule has 0 aromatic heterocycles. The molecule has 6 N–H and O–H groups in total. The van der Waals surface area contributed by atoms with E-state index in [1.54, 1.807) is 43.4 Å². The highest BCUT2D eigenvalue weighted by molar-refractivity contribution is 5.78. The zero-order chi connectivity index (χ0) is 32.1. The van der Waals surface area contributed by atoms with Crippen LogP contribution in [0.1, 0.15) is 50.1 Å². The fraction of sp³-hybridized carbons (Fsp3) is 0.306. The van der Waals surface area contributed by atoms with Crippen LogP contribution in [0.15, 0.2) is 54.6 Å². The maximum atomic E-state index is 12.3. The number of aliphatic hydroxyl groups excluding tert-OH is 1. The molecule has 0 bridgehead atoms. The van der Waals surface area contributed by atoms with Gasteiger partial charge in [0, 0.05) is 19.5 Å². The van der Waals surface area contributed by atoms with E-state index in [-0.39, 0.29) is 30.4 Å². The lowest BCUT2D eigenvalue weighted by Crippen LogP contribution is -2.27. The Balaban J connectivity index is 1.87. The molecule has 0 aliphatic heterocycles. The second kappa shape index (κ2) is 13.8. The maximum absolute atomic E-state index is 12.3. The molecule has 0 fully saturated rings. The zero-order valence-corrected chi connectivity index (χ0v) is 26.2. The summed E-state index contributed by atoms with van der Waals surface area (Å²) >= 11 is 0. The summed E-state index contributed by atoms with van der Waals surface area (Å²) in [7, 11) is 1.62. The molecule has 44 heavy (non-hydrogen) atoms. The molecule has 1 amide bonds. The maximum Gasteiger partial charge on any atom is 0.224 e. The van der Waals surface area contributed by atoms with Gasteiger partial charge in [0.1, 0.15) is 34.5 Å². The molecule has 0 radical (unpaired) electrons. The van der Waals surface area contributed by atoms with E-state index in [0.29, 0.717) is 47.0 Å². The van der Waals surface area contributed by atoms with Gasteiger partial charge in [0.2, 0.25) is 5.91 Å². The average Bonchev–Trinajstić information content (AvgIpc) is 2.98. The van der Waals surface area contributed by atoms with Crippen molar-refractivity contribution in [3.63, 3.8) is 0 Å². The van der Waals surface area contributed by atoms with Crippen LogP contribution in [-0.2, 0) is 24.1 Å². The van der Waals surface area contributed by atoms with Crippen LogP contribution < -0.4 is 20.5 Å². The van der Waals surface area contributed by atoms with Crippen LogP contribution in [0.5, 0.6) is 34.5 Å². The van der Waals surface area contributed by atoms with E-state index in [1.165, 1.54) is 0 Å². The predicted molar refractivity (Wildman–Crippen MR) is 172 cm³/mol. The first kappa shape index (κ1) is 32.4. The van der Waals surface area contributed by atoms with Crippen LogP contribution in [0.2, 0.25) is 0 Å². The Bertz CT molecular complexity index is 1680. The number of ether oxygens (including phenoxy) is 2. The molecule has 0 spiro atoms. The zero-order valence-electron chi connectivity index (χ0n) is 26.2. The Kier molecular flexibility index (Phi) is 10.2. The standard InChI is InChI=1S/C36H42N2O6/c1-20-13-29(7-9-32(20)40)43-35-23(4)12-26(17-28(37)19-39)31(24(35)5)18-27-15-25(16-34(42)38-6)11-22(3)36(27)44-30-8-10-33(41)21(2)14-30/h7-15,28,39-41H,16-19,37H2,1-6H3,(H,38,42). The number of aromatic hydroxyl groups is 2. The molecule has 8 heteroatoms. The highest BCUT2D eigenvalue weighted by Crippen LogP contribution is 2.39. The summed E-state index contributed by atoms with van der Waals surface area (Å²) in [5.41, 5.74) is 14.0. The van der Waals surface area contributed by atoms with Crippen LogP contribution >= 0.6 is 0 Å². The van der Waals surface area contributed by atoms with Crippen molar-refractivity contribution in [3.05, 3.63) is 105 Å². The van der Waals surface area contributed by atoms with E-state index in [1.807, 2.05) is 52.8 Å². The van der Waals surface area contributed by atoms with Gasteiger partial charge in [-0.25, -0.2) is 0 Å². The number of hydrogen-bond acceptors (Lipinski definition) is 7. The van der Waals surface area contributed by atoms with Crippen LogP contribution in [0, 0.1) is 34.6 Å². The number of nitrogens with one attached hydrogen (secondary N) is 1. The van der Waals surface area contributed by atoms with Crippen molar-refractivity contribution in [2.75, 3.05) is 13.7 Å². The number of rotatable bonds is 11. The molecule has 1 unspecified atom stereocenters. The number of benzene rings is 4. The third-order valence-corrected chi connectivity index (χ3v) is 7.84. The van der Waals surface area contributed by atoms with Crippen molar-refractivity contribution in [1.82, 2.24) is 5.32 Å². The van der Waals surface area contributed by atoms with Gasteiger partial charge in [-0.15, -0.1) is 0 Å². The van der Waals surface area contributed by atoms with Gasteiger partial charge in [0.05, 0.1) is 13.0 Å². The lowest BCUT2D eigenvalue weighted by Gasteiger charge is -2.23. The molecular weight excluding hydrogens is 556 g/mol. The van der Waals surface area contributed by atoms with Crippen molar-refractivity contribution in [2.45, 2.75) is 59.9 Å². The number of amides is 1. The molecule has 232 valence electrons. The summed E-state index contributed by atoms with van der Waals surface area (Å²) in [5, 5.41) is 32.5. The molecule has 0 heterocycles. The first-order chi connectivity index (χ1) is 20.9. The van der Waals surface area contributed by atoms with Gasteiger partial charge in [0.15, 0.2) is 0 Å². The number of phenols is 2. The van der Waals surface area contributed by atoms with E-state index in [4.69, 9.17) is 15.2 Å². The minimum Gasteiger partial charge on any atom is -0.508 e. The minimum absolute atomic E-state index is 0.0980. The van der Waals surface area contributed by atoms with Crippen LogP contribution in [0.4, 0.5) is 0 Å². The number of likely N-dealkylation sites (N-methyl/N-ethyl adjacent to an activating group) is 1. The Morgan fingerprint density at radius 1 is 0.795 bits per heavy atom. The van der Waals surface area contributed by atoms with Crippen molar-refractivity contribution in [2.24, 2.45) is 5.73 Å². The first-order valence-corrected chi connectivity index (χ1v) is 14.7. The lowest BCUT2D eigenvalue weighted by molar-refractivity contribution is -0.119. The molecule has 8 nitrogen and oxygen atoms in total. The molecule has 4 aromatic carbocycles.